The van der Waals surface area contributed by atoms with Gasteiger partial charge in [0.1, 0.15) is 17.1 Å². The second-order valence-electron chi connectivity index (χ2n) is 11.5. The van der Waals surface area contributed by atoms with E-state index in [9.17, 15) is 14.4 Å². The Hall–Kier alpha value is -1.03. The standard InChI is InChI=1S/C29H51O5P/c1-20(2)12-9-13-21(3)14-10-15-22(4)16-11-18-29(8)19-17-26-25(7)27(34-35(30,31)32)23(5)24(6)28(26)33-29/h20-22H,9-19H2,1-8H3,(H2,30,31,32)/t21-,22-,29-/m1/s1/i5D3,7D3. The van der Waals surface area contributed by atoms with Gasteiger partial charge in [-0.15, -0.1) is 0 Å². The molecule has 3 atom stereocenters. The molecule has 0 saturated carbocycles. The Morgan fingerprint density at radius 2 is 1.54 bits per heavy atom. The fourth-order valence-corrected chi connectivity index (χ4v) is 5.56. The number of hydrogen-bond acceptors (Lipinski definition) is 3. The second-order valence-corrected chi connectivity index (χ2v) is 12.7. The van der Waals surface area contributed by atoms with Crippen LogP contribution in [0.4, 0.5) is 0 Å². The number of phosphoric acid groups is 1. The van der Waals surface area contributed by atoms with Crippen molar-refractivity contribution in [1.82, 2.24) is 0 Å². The Bertz CT molecular complexity index is 1070. The van der Waals surface area contributed by atoms with Crippen LogP contribution in [0.15, 0.2) is 0 Å². The lowest BCUT2D eigenvalue weighted by atomic mass is 9.84. The molecule has 2 rings (SSSR count). The number of ether oxygens (including phenoxy) is 1. The number of phosphoric ester groups is 1. The van der Waals surface area contributed by atoms with Crippen molar-refractivity contribution in [3.8, 4) is 11.5 Å². The van der Waals surface area contributed by atoms with Gasteiger partial charge in [0.25, 0.3) is 0 Å². The highest BCUT2D eigenvalue weighted by atomic mass is 31.2. The summed E-state index contributed by atoms with van der Waals surface area (Å²) < 4.78 is 71.3. The van der Waals surface area contributed by atoms with Gasteiger partial charge in [-0.05, 0) is 87.7 Å². The Kier molecular flexibility index (Phi) is 8.15. The summed E-state index contributed by atoms with van der Waals surface area (Å²) in [5.41, 5.74) is -1.30. The third kappa shape index (κ3) is 9.41. The molecule has 1 heterocycles. The summed E-state index contributed by atoms with van der Waals surface area (Å²) in [6.07, 6.45) is 11.0. The van der Waals surface area contributed by atoms with Gasteiger partial charge in [-0.1, -0.05) is 72.6 Å². The summed E-state index contributed by atoms with van der Waals surface area (Å²) in [5, 5.41) is 0. The van der Waals surface area contributed by atoms with E-state index in [2.05, 4.69) is 27.7 Å². The van der Waals surface area contributed by atoms with Crippen LogP contribution >= 0.6 is 7.82 Å². The normalized spacial score (nSPS) is 23.1. The molecule has 1 aliphatic rings. The van der Waals surface area contributed by atoms with Crippen LogP contribution in [0.25, 0.3) is 0 Å². The van der Waals surface area contributed by atoms with Crippen molar-refractivity contribution in [3.63, 3.8) is 0 Å². The molecule has 0 spiro atoms. The molecule has 1 aromatic carbocycles. The number of benzene rings is 1. The van der Waals surface area contributed by atoms with E-state index in [0.29, 0.717) is 12.3 Å². The quantitative estimate of drug-likeness (QED) is 0.242. The smallest absolute Gasteiger partial charge is 0.487 e. The number of rotatable bonds is 14. The molecule has 1 aromatic rings. The highest BCUT2D eigenvalue weighted by molar-refractivity contribution is 7.46. The third-order valence-electron chi connectivity index (χ3n) is 7.48. The maximum atomic E-state index is 11.8. The van der Waals surface area contributed by atoms with Gasteiger partial charge in [0, 0.05) is 13.8 Å². The minimum atomic E-state index is -5.25. The largest absolute Gasteiger partial charge is 0.524 e. The van der Waals surface area contributed by atoms with Gasteiger partial charge >= 0.3 is 7.82 Å². The van der Waals surface area contributed by atoms with Crippen molar-refractivity contribution in [1.29, 1.82) is 0 Å². The summed E-state index contributed by atoms with van der Waals surface area (Å²) >= 11 is 0. The molecule has 0 radical (unpaired) electrons. The molecule has 2 N–H and O–H groups in total. The summed E-state index contributed by atoms with van der Waals surface area (Å²) in [6.45, 7) is 6.85. The first-order chi connectivity index (χ1) is 18.6. The van der Waals surface area contributed by atoms with E-state index < -0.39 is 44.0 Å². The zero-order chi connectivity index (χ0) is 31.4. The predicted octanol–water partition coefficient (Wildman–Crippen LogP) is 8.61. The SMILES string of the molecule is [2H]C([2H])([2H])c1c(C)c2c(c(C([2H])([2H])[2H])c1OP(=O)(O)O)CC[C@@](C)(CCC[C@H](C)CCC[C@H](C)CCCC(C)C)O2. The average Bonchev–Trinajstić information content (AvgIpc) is 2.76. The molecule has 0 saturated heterocycles. The molecule has 6 heteroatoms. The Morgan fingerprint density at radius 1 is 0.971 bits per heavy atom. The van der Waals surface area contributed by atoms with E-state index in [4.69, 9.17) is 17.5 Å². The van der Waals surface area contributed by atoms with E-state index in [1.54, 1.807) is 0 Å². The van der Waals surface area contributed by atoms with Crippen LogP contribution in [0.3, 0.4) is 0 Å². The van der Waals surface area contributed by atoms with Crippen LogP contribution in [0.5, 0.6) is 11.5 Å². The van der Waals surface area contributed by atoms with Crippen molar-refractivity contribution in [3.05, 3.63) is 22.3 Å². The maximum absolute atomic E-state index is 11.8. The number of fused-ring (bicyclic) bond motifs is 1. The van der Waals surface area contributed by atoms with Gasteiger partial charge in [0.2, 0.25) is 0 Å². The van der Waals surface area contributed by atoms with Gasteiger partial charge in [-0.25, -0.2) is 4.57 Å². The van der Waals surface area contributed by atoms with Crippen molar-refractivity contribution < 1.29 is 31.8 Å². The van der Waals surface area contributed by atoms with E-state index in [0.717, 1.165) is 31.1 Å². The Morgan fingerprint density at radius 3 is 2.09 bits per heavy atom. The van der Waals surface area contributed by atoms with Crippen LogP contribution < -0.4 is 9.26 Å². The number of hydrogen-bond donors (Lipinski definition) is 2. The van der Waals surface area contributed by atoms with E-state index in [1.807, 2.05) is 6.92 Å². The fourth-order valence-electron chi connectivity index (χ4n) is 5.14. The summed E-state index contributed by atoms with van der Waals surface area (Å²) in [5.74, 6) is 1.49. The van der Waals surface area contributed by atoms with E-state index in [1.165, 1.54) is 45.4 Å². The molecule has 0 aliphatic carbocycles. The average molecular weight is 517 g/mol. The van der Waals surface area contributed by atoms with Crippen molar-refractivity contribution in [2.75, 3.05) is 0 Å². The zero-order valence-corrected chi connectivity index (χ0v) is 23.5. The molecule has 5 nitrogen and oxygen atoms in total. The Balaban J connectivity index is 2.15. The molecule has 0 fully saturated rings. The molecule has 1 aliphatic heterocycles. The Labute approximate surface area is 223 Å². The van der Waals surface area contributed by atoms with Crippen molar-refractivity contribution in [2.45, 2.75) is 131 Å². The van der Waals surface area contributed by atoms with Crippen LogP contribution in [0, 0.1) is 38.4 Å². The van der Waals surface area contributed by atoms with Crippen LogP contribution in [-0.4, -0.2) is 15.4 Å². The van der Waals surface area contributed by atoms with Gasteiger partial charge in [-0.3, -0.25) is 9.79 Å². The maximum Gasteiger partial charge on any atom is 0.524 e. The van der Waals surface area contributed by atoms with Gasteiger partial charge in [0.05, 0.1) is 0 Å². The molecule has 35 heavy (non-hydrogen) atoms. The van der Waals surface area contributed by atoms with Crippen molar-refractivity contribution >= 4 is 7.82 Å². The van der Waals surface area contributed by atoms with Crippen LogP contribution in [-0.2, 0) is 11.0 Å². The monoisotopic (exact) mass is 516 g/mol. The van der Waals surface area contributed by atoms with Gasteiger partial charge < -0.3 is 9.26 Å². The molecule has 0 aromatic heterocycles. The topological polar surface area (TPSA) is 76.0 Å². The van der Waals surface area contributed by atoms with Gasteiger partial charge in [0.15, 0.2) is 0 Å². The summed E-state index contributed by atoms with van der Waals surface area (Å²) in [4.78, 5) is 19.0. The van der Waals surface area contributed by atoms with Crippen molar-refractivity contribution in [2.24, 2.45) is 17.8 Å². The minimum absolute atomic E-state index is 0.123. The molecule has 0 bridgehead atoms. The molecular formula is C29H51O5P. The minimum Gasteiger partial charge on any atom is -0.487 e. The molecule has 0 unspecified atom stereocenters. The van der Waals surface area contributed by atoms with E-state index in [-0.39, 0.29) is 23.3 Å². The predicted molar refractivity (Wildman–Crippen MR) is 145 cm³/mol. The second kappa shape index (κ2) is 13.0. The molecular weight excluding hydrogens is 459 g/mol. The van der Waals surface area contributed by atoms with Crippen LogP contribution in [0.1, 0.15) is 129 Å². The van der Waals surface area contributed by atoms with E-state index >= 15 is 0 Å². The third-order valence-corrected chi connectivity index (χ3v) is 7.90. The summed E-state index contributed by atoms with van der Waals surface area (Å²) in [6, 6.07) is 0. The van der Waals surface area contributed by atoms with Crippen LogP contribution in [0.2, 0.25) is 0 Å². The lowest BCUT2D eigenvalue weighted by Crippen LogP contribution is -2.37. The molecule has 202 valence electrons. The van der Waals surface area contributed by atoms with Gasteiger partial charge in [-0.2, -0.15) is 0 Å². The molecule has 0 amide bonds. The lowest BCUT2D eigenvalue weighted by Gasteiger charge is -2.38. The first-order valence-electron chi connectivity index (χ1n) is 16.3. The first kappa shape index (κ1) is 22.0. The zero-order valence-electron chi connectivity index (χ0n) is 28.6. The highest BCUT2D eigenvalue weighted by Crippen LogP contribution is 2.48. The first-order valence-corrected chi connectivity index (χ1v) is 14.8. The summed E-state index contributed by atoms with van der Waals surface area (Å²) in [7, 11) is -5.25. The fraction of sp³-hybridized carbons (Fsp3) is 0.793. The highest BCUT2D eigenvalue weighted by Gasteiger charge is 2.35. The lowest BCUT2D eigenvalue weighted by molar-refractivity contribution is 0.0512.